The second-order valence-electron chi connectivity index (χ2n) is 7.03. The maximum atomic E-state index is 12.6. The number of benzene rings is 2. The molecule has 4 rings (SSSR count). The number of likely N-dealkylation sites (N-methyl/N-ethyl adjacent to an activating group) is 1. The molecule has 2 aliphatic heterocycles. The molecule has 2 aliphatic rings. The van der Waals surface area contributed by atoms with Crippen molar-refractivity contribution in [3.05, 3.63) is 54.1 Å². The van der Waals surface area contributed by atoms with Gasteiger partial charge in [0.25, 0.3) is 11.8 Å². The van der Waals surface area contributed by atoms with Gasteiger partial charge in [-0.05, 0) is 43.4 Å². The van der Waals surface area contributed by atoms with Gasteiger partial charge >= 0.3 is 0 Å². The fraction of sp³-hybridized carbons (Fsp3) is 0.333. The third-order valence-electron chi connectivity index (χ3n) is 4.99. The van der Waals surface area contributed by atoms with E-state index in [0.717, 1.165) is 26.2 Å². The van der Waals surface area contributed by atoms with Gasteiger partial charge < -0.3 is 24.6 Å². The van der Waals surface area contributed by atoms with Gasteiger partial charge in [0.1, 0.15) is 6.61 Å². The summed E-state index contributed by atoms with van der Waals surface area (Å²) < 4.78 is 11.3. The van der Waals surface area contributed by atoms with Crippen LogP contribution >= 0.6 is 0 Å². The van der Waals surface area contributed by atoms with E-state index >= 15 is 0 Å². The van der Waals surface area contributed by atoms with Crippen LogP contribution in [-0.2, 0) is 4.79 Å². The molecule has 1 unspecified atom stereocenters. The van der Waals surface area contributed by atoms with Crippen molar-refractivity contribution < 1.29 is 19.1 Å². The lowest BCUT2D eigenvalue weighted by atomic mass is 10.1. The summed E-state index contributed by atoms with van der Waals surface area (Å²) >= 11 is 0. The normalized spacial score (nSPS) is 19.2. The molecule has 146 valence electrons. The Labute approximate surface area is 163 Å². The van der Waals surface area contributed by atoms with E-state index in [-0.39, 0.29) is 18.4 Å². The zero-order valence-corrected chi connectivity index (χ0v) is 15.8. The van der Waals surface area contributed by atoms with Gasteiger partial charge in [-0.1, -0.05) is 12.1 Å². The van der Waals surface area contributed by atoms with Gasteiger partial charge in [-0.2, -0.15) is 0 Å². The van der Waals surface area contributed by atoms with Crippen molar-refractivity contribution in [2.45, 2.75) is 6.10 Å². The van der Waals surface area contributed by atoms with Crippen molar-refractivity contribution in [3.8, 4) is 11.5 Å². The van der Waals surface area contributed by atoms with Crippen LogP contribution in [0.25, 0.3) is 0 Å². The second-order valence-corrected chi connectivity index (χ2v) is 7.03. The van der Waals surface area contributed by atoms with Crippen molar-refractivity contribution in [2.24, 2.45) is 0 Å². The van der Waals surface area contributed by atoms with Gasteiger partial charge in [-0.15, -0.1) is 0 Å². The summed E-state index contributed by atoms with van der Waals surface area (Å²) in [4.78, 5) is 29.1. The maximum Gasteiger partial charge on any atom is 0.269 e. The average molecular weight is 381 g/mol. The number of para-hydroxylation sites is 2. The van der Waals surface area contributed by atoms with E-state index in [2.05, 4.69) is 17.3 Å². The fourth-order valence-electron chi connectivity index (χ4n) is 3.26. The smallest absolute Gasteiger partial charge is 0.269 e. The SMILES string of the molecule is CN1CCN(C(=O)c2ccc(NC(=O)C3COc4ccccc4O3)cc2)CC1. The molecule has 0 aliphatic carbocycles. The molecule has 28 heavy (non-hydrogen) atoms. The Kier molecular flexibility index (Phi) is 5.16. The van der Waals surface area contributed by atoms with Crippen LogP contribution in [0.1, 0.15) is 10.4 Å². The van der Waals surface area contributed by atoms with Crippen LogP contribution in [0.4, 0.5) is 5.69 Å². The Morgan fingerprint density at radius 1 is 0.964 bits per heavy atom. The number of nitrogens with one attached hydrogen (secondary N) is 1. The summed E-state index contributed by atoms with van der Waals surface area (Å²) in [5.41, 5.74) is 1.23. The molecule has 2 heterocycles. The molecule has 7 nitrogen and oxygen atoms in total. The minimum atomic E-state index is -0.721. The van der Waals surface area contributed by atoms with Gasteiger partial charge in [-0.3, -0.25) is 9.59 Å². The van der Waals surface area contributed by atoms with E-state index in [9.17, 15) is 9.59 Å². The highest BCUT2D eigenvalue weighted by Crippen LogP contribution is 2.31. The van der Waals surface area contributed by atoms with E-state index < -0.39 is 6.10 Å². The minimum Gasteiger partial charge on any atom is -0.485 e. The molecule has 0 aromatic heterocycles. The molecular weight excluding hydrogens is 358 g/mol. The number of fused-ring (bicyclic) bond motifs is 1. The van der Waals surface area contributed by atoms with Crippen molar-refractivity contribution in [1.29, 1.82) is 0 Å². The lowest BCUT2D eigenvalue weighted by Gasteiger charge is -2.32. The van der Waals surface area contributed by atoms with Gasteiger partial charge in [-0.25, -0.2) is 0 Å². The van der Waals surface area contributed by atoms with E-state index in [0.29, 0.717) is 22.7 Å². The van der Waals surface area contributed by atoms with Gasteiger partial charge in [0.05, 0.1) is 0 Å². The summed E-state index contributed by atoms with van der Waals surface area (Å²) in [7, 11) is 2.05. The third-order valence-corrected chi connectivity index (χ3v) is 4.99. The Balaban J connectivity index is 1.35. The summed E-state index contributed by atoms with van der Waals surface area (Å²) in [6.07, 6.45) is -0.721. The summed E-state index contributed by atoms with van der Waals surface area (Å²) in [6, 6.07) is 14.2. The summed E-state index contributed by atoms with van der Waals surface area (Å²) in [6.45, 7) is 3.38. The predicted molar refractivity (Wildman–Crippen MR) is 105 cm³/mol. The molecule has 1 saturated heterocycles. The van der Waals surface area contributed by atoms with Crippen LogP contribution in [0, 0.1) is 0 Å². The first-order valence-electron chi connectivity index (χ1n) is 9.37. The Morgan fingerprint density at radius 3 is 2.36 bits per heavy atom. The molecule has 0 saturated carbocycles. The second kappa shape index (κ2) is 7.90. The molecule has 1 fully saturated rings. The van der Waals surface area contributed by atoms with E-state index in [1.165, 1.54) is 0 Å². The molecule has 1 atom stereocenters. The van der Waals surface area contributed by atoms with Crippen LogP contribution < -0.4 is 14.8 Å². The van der Waals surface area contributed by atoms with Gasteiger partial charge in [0.2, 0.25) is 6.10 Å². The zero-order valence-electron chi connectivity index (χ0n) is 15.8. The molecule has 0 spiro atoms. The molecule has 1 N–H and O–H groups in total. The number of hydrogen-bond donors (Lipinski definition) is 1. The number of nitrogens with zero attached hydrogens (tertiary/aromatic N) is 2. The van der Waals surface area contributed by atoms with E-state index in [1.54, 1.807) is 36.4 Å². The number of piperazine rings is 1. The van der Waals surface area contributed by atoms with Crippen molar-refractivity contribution >= 4 is 17.5 Å². The molecule has 2 aromatic rings. The van der Waals surface area contributed by atoms with Crippen LogP contribution in [0.3, 0.4) is 0 Å². The van der Waals surface area contributed by atoms with E-state index in [4.69, 9.17) is 9.47 Å². The monoisotopic (exact) mass is 381 g/mol. The third kappa shape index (κ3) is 3.94. The number of carbonyl (C=O) groups excluding carboxylic acids is 2. The molecule has 0 bridgehead atoms. The van der Waals surface area contributed by atoms with Crippen LogP contribution in [0.2, 0.25) is 0 Å². The summed E-state index contributed by atoms with van der Waals surface area (Å²) in [5.74, 6) is 0.930. The molecule has 2 aromatic carbocycles. The van der Waals surface area contributed by atoms with E-state index in [1.807, 2.05) is 17.0 Å². The highest BCUT2D eigenvalue weighted by atomic mass is 16.6. The topological polar surface area (TPSA) is 71.1 Å². The quantitative estimate of drug-likeness (QED) is 0.879. The number of carbonyl (C=O) groups is 2. The number of ether oxygens (including phenoxy) is 2. The van der Waals surface area contributed by atoms with Crippen LogP contribution in [0.15, 0.2) is 48.5 Å². The number of rotatable bonds is 3. The predicted octanol–water partition coefficient (Wildman–Crippen LogP) is 1.85. The van der Waals surface area contributed by atoms with Crippen molar-refractivity contribution in [3.63, 3.8) is 0 Å². The Hall–Kier alpha value is -3.06. The largest absolute Gasteiger partial charge is 0.485 e. The lowest BCUT2D eigenvalue weighted by Crippen LogP contribution is -2.47. The number of amides is 2. The highest BCUT2D eigenvalue weighted by Gasteiger charge is 2.27. The Bertz CT molecular complexity index is 860. The first-order chi connectivity index (χ1) is 13.6. The zero-order chi connectivity index (χ0) is 19.5. The number of hydrogen-bond acceptors (Lipinski definition) is 5. The summed E-state index contributed by atoms with van der Waals surface area (Å²) in [5, 5.41) is 2.82. The van der Waals surface area contributed by atoms with Crippen molar-refractivity contribution in [1.82, 2.24) is 9.80 Å². The highest BCUT2D eigenvalue weighted by molar-refractivity contribution is 5.97. The number of anilines is 1. The average Bonchev–Trinajstić information content (AvgIpc) is 2.74. The minimum absolute atomic E-state index is 0.0200. The standard InChI is InChI=1S/C21H23N3O4/c1-23-10-12-24(13-11-23)21(26)15-6-8-16(9-7-15)22-20(25)19-14-27-17-4-2-3-5-18(17)28-19/h2-9,19H,10-14H2,1H3,(H,22,25). The van der Waals surface area contributed by atoms with Crippen LogP contribution in [0.5, 0.6) is 11.5 Å². The fourth-order valence-corrected chi connectivity index (χ4v) is 3.26. The van der Waals surface area contributed by atoms with Gasteiger partial charge in [0, 0.05) is 37.4 Å². The lowest BCUT2D eigenvalue weighted by molar-refractivity contribution is -0.125. The first-order valence-corrected chi connectivity index (χ1v) is 9.37. The molecule has 2 amide bonds. The molecule has 7 heteroatoms. The van der Waals surface area contributed by atoms with Crippen molar-refractivity contribution in [2.75, 3.05) is 45.2 Å². The molecular formula is C21H23N3O4. The Morgan fingerprint density at radius 2 is 1.64 bits per heavy atom. The maximum absolute atomic E-state index is 12.6. The van der Waals surface area contributed by atoms with Gasteiger partial charge in [0.15, 0.2) is 11.5 Å². The first kappa shape index (κ1) is 18.3. The van der Waals surface area contributed by atoms with Crippen LogP contribution in [-0.4, -0.2) is 67.6 Å². The molecule has 0 radical (unpaired) electrons.